The molecule has 1 aliphatic carbocycles. The highest BCUT2D eigenvalue weighted by Gasteiger charge is 2.32. The Morgan fingerprint density at radius 3 is 2.41 bits per heavy atom. The smallest absolute Gasteiger partial charge is 0.244 e. The average molecular weight is 459 g/mol. The number of benzene rings is 2. The Balaban J connectivity index is 1.88. The van der Waals surface area contributed by atoms with Gasteiger partial charge in [0, 0.05) is 6.07 Å². The van der Waals surface area contributed by atoms with Crippen LogP contribution in [0.4, 0.5) is 5.69 Å². The number of aryl methyl sites for hydroxylation is 2. The molecular formula is C25H34N2O4S. The van der Waals surface area contributed by atoms with Gasteiger partial charge in [-0.05, 0) is 67.3 Å². The third kappa shape index (κ3) is 5.44. The summed E-state index contributed by atoms with van der Waals surface area (Å²) >= 11 is 0. The van der Waals surface area contributed by atoms with E-state index in [0.717, 1.165) is 31.1 Å². The van der Waals surface area contributed by atoms with Crippen LogP contribution >= 0.6 is 0 Å². The summed E-state index contributed by atoms with van der Waals surface area (Å²) in [7, 11) is -2.18. The van der Waals surface area contributed by atoms with Gasteiger partial charge in [-0.1, -0.05) is 38.1 Å². The number of fused-ring (bicyclic) bond motifs is 1. The number of nitrogens with one attached hydrogen (secondary N) is 1. The summed E-state index contributed by atoms with van der Waals surface area (Å²) in [6.45, 7) is 3.85. The first-order chi connectivity index (χ1) is 15.3. The molecule has 2 atom stereocenters. The largest absolute Gasteiger partial charge is 0.497 e. The molecule has 2 aromatic rings. The van der Waals surface area contributed by atoms with Crippen molar-refractivity contribution >= 4 is 21.6 Å². The van der Waals surface area contributed by atoms with Crippen molar-refractivity contribution in [2.75, 3.05) is 17.7 Å². The molecule has 0 saturated heterocycles. The van der Waals surface area contributed by atoms with Gasteiger partial charge < -0.3 is 10.1 Å². The van der Waals surface area contributed by atoms with Crippen molar-refractivity contribution in [2.45, 2.75) is 64.5 Å². The van der Waals surface area contributed by atoms with Crippen LogP contribution in [0.25, 0.3) is 0 Å². The minimum Gasteiger partial charge on any atom is -0.497 e. The van der Waals surface area contributed by atoms with E-state index in [1.54, 1.807) is 24.3 Å². The average Bonchev–Trinajstić information content (AvgIpc) is 2.79. The van der Waals surface area contributed by atoms with Crippen molar-refractivity contribution in [1.82, 2.24) is 5.32 Å². The number of methoxy groups -OCH3 is 1. The predicted octanol–water partition coefficient (Wildman–Crippen LogP) is 4.39. The van der Waals surface area contributed by atoms with Crippen LogP contribution in [-0.2, 0) is 27.7 Å². The molecule has 0 spiro atoms. The summed E-state index contributed by atoms with van der Waals surface area (Å²) in [4.78, 5) is 13.4. The van der Waals surface area contributed by atoms with E-state index in [9.17, 15) is 13.2 Å². The molecule has 0 aliphatic heterocycles. The number of rotatable bonds is 9. The molecule has 1 aliphatic rings. The van der Waals surface area contributed by atoms with Crippen molar-refractivity contribution in [2.24, 2.45) is 0 Å². The van der Waals surface area contributed by atoms with E-state index in [2.05, 4.69) is 23.5 Å². The maximum absolute atomic E-state index is 13.4. The van der Waals surface area contributed by atoms with Crippen LogP contribution in [0.15, 0.2) is 42.5 Å². The number of nitrogens with zero attached hydrogens (tertiary/aromatic N) is 1. The summed E-state index contributed by atoms with van der Waals surface area (Å²) in [5.74, 6) is 0.234. The van der Waals surface area contributed by atoms with E-state index in [1.807, 2.05) is 13.8 Å². The number of carbonyl (C=O) groups excluding carboxylic acids is 1. The number of hydrogen-bond donors (Lipinski definition) is 1. The van der Waals surface area contributed by atoms with Crippen LogP contribution in [0.5, 0.6) is 5.75 Å². The van der Waals surface area contributed by atoms with Gasteiger partial charge in [-0.15, -0.1) is 0 Å². The Morgan fingerprint density at radius 2 is 1.78 bits per heavy atom. The Bertz CT molecular complexity index is 1050. The lowest BCUT2D eigenvalue weighted by Gasteiger charge is -2.32. The maximum Gasteiger partial charge on any atom is 0.244 e. The molecule has 0 saturated carbocycles. The second-order valence-electron chi connectivity index (χ2n) is 8.39. The van der Waals surface area contributed by atoms with Gasteiger partial charge in [0.2, 0.25) is 15.9 Å². The summed E-state index contributed by atoms with van der Waals surface area (Å²) in [5.41, 5.74) is 4.25. The highest BCUT2D eigenvalue weighted by Crippen LogP contribution is 2.29. The summed E-state index contributed by atoms with van der Waals surface area (Å²) in [6.07, 6.45) is 6.80. The highest BCUT2D eigenvalue weighted by molar-refractivity contribution is 7.92. The highest BCUT2D eigenvalue weighted by atomic mass is 32.2. The van der Waals surface area contributed by atoms with Gasteiger partial charge in [0.05, 0.1) is 25.1 Å². The van der Waals surface area contributed by atoms with Gasteiger partial charge in [-0.2, -0.15) is 0 Å². The van der Waals surface area contributed by atoms with Crippen LogP contribution in [0.1, 0.15) is 62.3 Å². The molecule has 1 amide bonds. The minimum atomic E-state index is -3.70. The van der Waals surface area contributed by atoms with Crippen molar-refractivity contribution in [3.05, 3.63) is 59.2 Å². The molecule has 174 valence electrons. The van der Waals surface area contributed by atoms with E-state index < -0.39 is 16.1 Å². The van der Waals surface area contributed by atoms with Crippen molar-refractivity contribution in [3.63, 3.8) is 0 Å². The van der Waals surface area contributed by atoms with E-state index in [1.165, 1.54) is 35.4 Å². The number of anilines is 1. The lowest BCUT2D eigenvalue weighted by atomic mass is 9.88. The molecule has 0 bridgehead atoms. The standard InChI is InChI=1S/C25H34N2O4S/c1-5-23(20-15-14-18-10-7-8-11-19(18)16-20)26-25(28)24(6-2)27(32(4,29)30)21-12-9-13-22(17-21)31-3/h9,12-17,23-24H,5-8,10-11H2,1-4H3,(H,26,28)/t23-,24-/m0/s1. The second-order valence-corrected chi connectivity index (χ2v) is 10.2. The number of ether oxygens (including phenoxy) is 1. The number of sulfonamides is 1. The van der Waals surface area contributed by atoms with Crippen molar-refractivity contribution in [3.8, 4) is 5.75 Å². The number of carbonyl (C=O) groups is 1. The van der Waals surface area contributed by atoms with E-state index in [-0.39, 0.29) is 11.9 Å². The summed E-state index contributed by atoms with van der Waals surface area (Å²) < 4.78 is 31.9. The molecule has 7 heteroatoms. The fourth-order valence-corrected chi connectivity index (χ4v) is 5.67. The fourth-order valence-electron chi connectivity index (χ4n) is 4.47. The monoisotopic (exact) mass is 458 g/mol. The molecule has 0 fully saturated rings. The molecule has 32 heavy (non-hydrogen) atoms. The molecule has 0 radical (unpaired) electrons. The maximum atomic E-state index is 13.4. The molecule has 2 aromatic carbocycles. The fraction of sp³-hybridized carbons (Fsp3) is 0.480. The summed E-state index contributed by atoms with van der Waals surface area (Å²) in [6, 6.07) is 12.2. The zero-order chi connectivity index (χ0) is 23.3. The first-order valence-electron chi connectivity index (χ1n) is 11.3. The topological polar surface area (TPSA) is 75.7 Å². The second kappa shape index (κ2) is 10.4. The third-order valence-electron chi connectivity index (χ3n) is 6.14. The molecule has 6 nitrogen and oxygen atoms in total. The molecule has 1 N–H and O–H groups in total. The molecule has 0 unspecified atom stereocenters. The normalized spacial score (nSPS) is 15.4. The third-order valence-corrected chi connectivity index (χ3v) is 7.32. The van der Waals surface area contributed by atoms with Gasteiger partial charge in [-0.25, -0.2) is 8.42 Å². The Hall–Kier alpha value is -2.54. The van der Waals surface area contributed by atoms with Gasteiger partial charge in [0.25, 0.3) is 0 Å². The molecule has 0 aromatic heterocycles. The SMILES string of the molecule is CC[C@H](NC(=O)[C@H](CC)N(c1cccc(OC)c1)S(C)(=O)=O)c1ccc2c(c1)CCCC2. The van der Waals surface area contributed by atoms with Gasteiger partial charge >= 0.3 is 0 Å². The Kier molecular flexibility index (Phi) is 7.82. The zero-order valence-electron chi connectivity index (χ0n) is 19.4. The van der Waals surface area contributed by atoms with E-state index in [0.29, 0.717) is 17.9 Å². The lowest BCUT2D eigenvalue weighted by molar-refractivity contribution is -0.123. The van der Waals surface area contributed by atoms with Gasteiger partial charge in [0.1, 0.15) is 11.8 Å². The molecular weight excluding hydrogens is 424 g/mol. The zero-order valence-corrected chi connectivity index (χ0v) is 20.2. The Morgan fingerprint density at radius 1 is 1.06 bits per heavy atom. The van der Waals surface area contributed by atoms with Crippen LogP contribution in [0, 0.1) is 0 Å². The molecule has 0 heterocycles. The number of hydrogen-bond acceptors (Lipinski definition) is 4. The summed E-state index contributed by atoms with van der Waals surface area (Å²) in [5, 5.41) is 3.12. The first-order valence-corrected chi connectivity index (χ1v) is 13.2. The van der Waals surface area contributed by atoms with Crippen molar-refractivity contribution < 1.29 is 17.9 Å². The quantitative estimate of drug-likeness (QED) is 0.605. The van der Waals surface area contributed by atoms with Gasteiger partial charge in [0.15, 0.2) is 0 Å². The predicted molar refractivity (Wildman–Crippen MR) is 129 cm³/mol. The van der Waals surface area contributed by atoms with Gasteiger partial charge in [-0.3, -0.25) is 9.10 Å². The molecule has 3 rings (SSSR count). The number of amides is 1. The van der Waals surface area contributed by atoms with Crippen LogP contribution in [0.2, 0.25) is 0 Å². The van der Waals surface area contributed by atoms with Crippen LogP contribution < -0.4 is 14.4 Å². The van der Waals surface area contributed by atoms with Crippen LogP contribution in [-0.4, -0.2) is 33.7 Å². The van der Waals surface area contributed by atoms with Crippen LogP contribution in [0.3, 0.4) is 0 Å². The lowest BCUT2D eigenvalue weighted by Crippen LogP contribution is -2.50. The Labute approximate surface area is 192 Å². The van der Waals surface area contributed by atoms with E-state index >= 15 is 0 Å². The minimum absolute atomic E-state index is 0.171. The van der Waals surface area contributed by atoms with Crippen molar-refractivity contribution in [1.29, 1.82) is 0 Å². The van der Waals surface area contributed by atoms with E-state index in [4.69, 9.17) is 4.74 Å². The first kappa shape index (κ1) is 24.1.